The van der Waals surface area contributed by atoms with Gasteiger partial charge in [0.15, 0.2) is 0 Å². The van der Waals surface area contributed by atoms with Crippen LogP contribution in [0, 0.1) is 0 Å². The van der Waals surface area contributed by atoms with Gasteiger partial charge in [0.05, 0.1) is 54.2 Å². The fraction of sp³-hybridized carbons (Fsp3) is 0.267. The number of aromatic nitrogens is 8. The maximum absolute atomic E-state index is 10.1. The van der Waals surface area contributed by atoms with Crippen LogP contribution in [-0.2, 0) is 0 Å². The minimum absolute atomic E-state index is 0.0887. The van der Waals surface area contributed by atoms with Crippen LogP contribution in [0.25, 0.3) is 43.6 Å². The van der Waals surface area contributed by atoms with E-state index in [-0.39, 0.29) is 23.5 Å². The first-order valence-corrected chi connectivity index (χ1v) is 28.1. The number of aromatic hydroxyl groups is 2. The third kappa shape index (κ3) is 13.9. The van der Waals surface area contributed by atoms with E-state index in [2.05, 4.69) is 47.2 Å². The zero-order chi connectivity index (χ0) is 57.2. The lowest BCUT2D eigenvalue weighted by molar-refractivity contribution is 0.326. The summed E-state index contributed by atoms with van der Waals surface area (Å²) < 4.78 is 17.4. The van der Waals surface area contributed by atoms with Crippen molar-refractivity contribution in [2.45, 2.75) is 44.6 Å². The summed E-state index contributed by atoms with van der Waals surface area (Å²) in [6.07, 6.45) is 6.26. The van der Waals surface area contributed by atoms with Gasteiger partial charge >= 0.3 is 0 Å². The molecule has 0 bridgehead atoms. The van der Waals surface area contributed by atoms with Crippen molar-refractivity contribution < 1.29 is 24.4 Å². The van der Waals surface area contributed by atoms with Crippen molar-refractivity contribution in [3.8, 4) is 28.7 Å². The van der Waals surface area contributed by atoms with Crippen LogP contribution in [0.5, 0.6) is 28.7 Å². The molecule has 0 unspecified atom stereocenters. The van der Waals surface area contributed by atoms with E-state index in [0.717, 1.165) is 97.9 Å². The lowest BCUT2D eigenvalue weighted by Gasteiger charge is -2.23. The quantitative estimate of drug-likeness (QED) is 0.0201. The molecule has 0 amide bonds. The topological polar surface area (TPSA) is 259 Å². The highest BCUT2D eigenvalue weighted by atomic mass is 35.5. The number of likely N-dealkylation sites (N-methyl/N-ethyl adjacent to an activating group) is 1. The lowest BCUT2D eigenvalue weighted by atomic mass is 9.96. The molecule has 0 radical (unpaired) electrons. The van der Waals surface area contributed by atoms with E-state index < -0.39 is 0 Å². The van der Waals surface area contributed by atoms with E-state index in [1.165, 1.54) is 24.6 Å². The Hall–Kier alpha value is -9.34. The Labute approximate surface area is 488 Å². The number of ether oxygens (including phenoxy) is 3. The Morgan fingerprint density at radius 2 is 1.02 bits per heavy atom. The number of nitrogens with zero attached hydrogens (tertiary/aromatic N) is 9. The molecule has 0 spiro atoms. The highest BCUT2D eigenvalue weighted by molar-refractivity contribution is 6.32. The molecule has 1 fully saturated rings. The first-order valence-electron chi connectivity index (χ1n) is 27.4. The molecule has 0 saturated heterocycles. The standard InChI is InChI=1S/C60H62Cl2N16O5/c1-78(60-76-56(74-59(77-60)68-38-12-14-42(81-2)15-13-38)66-25-24-64-54-46-19-11-36(62)29-52(46)70-49-20-16-43(82-3)33-47(49)54)26-27-83-44-17-21-50-48(34-44)53(45-18-10-35(61)28-51(45)71-50)63-22-7-23-65-55-72-57(67-37-8-5-4-6-9-37)75-58(73-55)69-39-30-40(79)32-41(80)31-39/h10-21,28-34,37,79-80H,4-9,22-27H2,1-3H3,(H,63,71)(H,64,70)(H2,66,68,74,76,77)(H3,65,67,69,72,73,75). The molecule has 426 valence electrons. The fourth-order valence-corrected chi connectivity index (χ4v) is 10.3. The molecule has 1 saturated carbocycles. The first-order chi connectivity index (χ1) is 40.5. The second-order valence-corrected chi connectivity index (χ2v) is 20.8. The van der Waals surface area contributed by atoms with Crippen molar-refractivity contribution in [1.29, 1.82) is 0 Å². The minimum Gasteiger partial charge on any atom is -0.508 e. The van der Waals surface area contributed by atoms with Crippen LogP contribution < -0.4 is 56.3 Å². The molecule has 4 heterocycles. The summed E-state index contributed by atoms with van der Waals surface area (Å²) in [4.78, 5) is 40.2. The minimum atomic E-state index is -0.0887. The van der Waals surface area contributed by atoms with Crippen LogP contribution in [0.15, 0.2) is 115 Å². The van der Waals surface area contributed by atoms with Gasteiger partial charge in [-0.15, -0.1) is 0 Å². The van der Waals surface area contributed by atoms with Crippen LogP contribution in [0.2, 0.25) is 10.0 Å². The average molecular weight is 1160 g/mol. The van der Waals surface area contributed by atoms with Crippen molar-refractivity contribution in [3.05, 3.63) is 125 Å². The van der Waals surface area contributed by atoms with Gasteiger partial charge in [0.2, 0.25) is 35.7 Å². The smallest absolute Gasteiger partial charge is 0.233 e. The number of benzene rings is 6. The van der Waals surface area contributed by atoms with Gasteiger partial charge in [-0.25, -0.2) is 9.97 Å². The van der Waals surface area contributed by atoms with E-state index in [4.69, 9.17) is 67.3 Å². The van der Waals surface area contributed by atoms with E-state index in [9.17, 15) is 10.2 Å². The van der Waals surface area contributed by atoms with Gasteiger partial charge in [0.1, 0.15) is 35.4 Å². The summed E-state index contributed by atoms with van der Waals surface area (Å²) in [6.45, 7) is 2.83. The number of fused-ring (bicyclic) bond motifs is 4. The van der Waals surface area contributed by atoms with E-state index >= 15 is 0 Å². The maximum Gasteiger partial charge on any atom is 0.233 e. The predicted octanol–water partition coefficient (Wildman–Crippen LogP) is 12.4. The van der Waals surface area contributed by atoms with Gasteiger partial charge in [-0.1, -0.05) is 42.5 Å². The van der Waals surface area contributed by atoms with Crippen molar-refractivity contribution in [1.82, 2.24) is 39.9 Å². The summed E-state index contributed by atoms with van der Waals surface area (Å²) in [6, 6.07) is 35.1. The molecule has 0 atom stereocenters. The Kier molecular flexibility index (Phi) is 17.2. The number of methoxy groups -OCH3 is 2. The monoisotopic (exact) mass is 1160 g/mol. The van der Waals surface area contributed by atoms with E-state index in [0.29, 0.717) is 97.0 Å². The third-order valence-electron chi connectivity index (χ3n) is 14.0. The number of anilines is 10. The van der Waals surface area contributed by atoms with Gasteiger partial charge in [0.25, 0.3) is 0 Å². The molecule has 10 aromatic rings. The lowest BCUT2D eigenvalue weighted by Crippen LogP contribution is -2.27. The van der Waals surface area contributed by atoms with Crippen LogP contribution in [0.4, 0.5) is 58.4 Å². The fourth-order valence-electron chi connectivity index (χ4n) is 9.93. The molecule has 0 aliphatic heterocycles. The van der Waals surface area contributed by atoms with Gasteiger partial charge in [-0.3, -0.25) is 0 Å². The van der Waals surface area contributed by atoms with E-state index in [1.807, 2.05) is 109 Å². The van der Waals surface area contributed by atoms with Crippen LogP contribution >= 0.6 is 23.2 Å². The highest BCUT2D eigenvalue weighted by Gasteiger charge is 2.19. The van der Waals surface area contributed by atoms with Gasteiger partial charge in [-0.2, -0.15) is 29.9 Å². The maximum atomic E-state index is 10.1. The van der Waals surface area contributed by atoms with Crippen LogP contribution in [0.3, 0.4) is 0 Å². The number of hydrogen-bond acceptors (Lipinski definition) is 21. The van der Waals surface area contributed by atoms with Crippen molar-refractivity contribution in [2.75, 3.05) is 103 Å². The summed E-state index contributed by atoms with van der Waals surface area (Å²) in [7, 11) is 5.19. The molecule has 6 aromatic carbocycles. The molecule has 9 N–H and O–H groups in total. The number of phenols is 2. The first kappa shape index (κ1) is 55.6. The second-order valence-electron chi connectivity index (χ2n) is 20.0. The SMILES string of the molecule is COc1ccc(Nc2nc(NCCNc3c4ccc(Cl)cc4nc4ccc(OC)cc34)nc(N(C)CCOc3ccc4nc5cc(Cl)ccc5c(NCCCNc5nc(Nc6cc(O)cc(O)c6)nc(NC6CCCCC6)n5)c4c3)n2)cc1. The number of hydrogen-bond donors (Lipinski definition) is 9. The zero-order valence-electron chi connectivity index (χ0n) is 45.9. The summed E-state index contributed by atoms with van der Waals surface area (Å²) in [5.41, 5.74) is 6.14. The number of phenolic OH excluding ortho intramolecular Hbond substituents is 2. The Balaban J connectivity index is 0.763. The molecular formula is C60H62Cl2N16O5. The van der Waals surface area contributed by atoms with Crippen LogP contribution in [0.1, 0.15) is 38.5 Å². The van der Waals surface area contributed by atoms with Crippen LogP contribution in [-0.4, -0.2) is 117 Å². The van der Waals surface area contributed by atoms with Gasteiger partial charge < -0.3 is 66.5 Å². The second kappa shape index (κ2) is 25.6. The Bertz CT molecular complexity index is 3910. The molecule has 1 aliphatic rings. The molecule has 4 aromatic heterocycles. The zero-order valence-corrected chi connectivity index (χ0v) is 47.4. The highest BCUT2D eigenvalue weighted by Crippen LogP contribution is 2.37. The largest absolute Gasteiger partial charge is 0.508 e. The summed E-state index contributed by atoms with van der Waals surface area (Å²) >= 11 is 12.9. The van der Waals surface area contributed by atoms with Gasteiger partial charge in [0, 0.05) is 100 Å². The Morgan fingerprint density at radius 3 is 1.70 bits per heavy atom. The molecule has 21 nitrogen and oxygen atoms in total. The van der Waals surface area contributed by atoms with E-state index in [1.54, 1.807) is 14.2 Å². The predicted molar refractivity (Wildman–Crippen MR) is 332 cm³/mol. The van der Waals surface area contributed by atoms with Gasteiger partial charge in [-0.05, 0) is 116 Å². The molecular weight excluding hydrogens is 1100 g/mol. The number of halogens is 2. The molecule has 1 aliphatic carbocycles. The number of pyridine rings is 2. The molecule has 23 heteroatoms. The Morgan fingerprint density at radius 1 is 0.494 bits per heavy atom. The van der Waals surface area contributed by atoms with Crippen molar-refractivity contribution >= 4 is 125 Å². The normalized spacial score (nSPS) is 12.5. The average Bonchev–Trinajstić information content (AvgIpc) is 3.60. The summed E-state index contributed by atoms with van der Waals surface area (Å²) in [5.74, 6) is 4.18. The van der Waals surface area contributed by atoms with Crippen molar-refractivity contribution in [2.24, 2.45) is 0 Å². The third-order valence-corrected chi connectivity index (χ3v) is 14.5. The number of rotatable bonds is 24. The number of nitrogens with one attached hydrogen (secondary N) is 7. The molecule has 11 rings (SSSR count). The van der Waals surface area contributed by atoms with Crippen molar-refractivity contribution in [3.63, 3.8) is 0 Å². The summed E-state index contributed by atoms with van der Waals surface area (Å²) in [5, 5.41) is 49.1. The molecule has 83 heavy (non-hydrogen) atoms.